The summed E-state index contributed by atoms with van der Waals surface area (Å²) in [6.07, 6.45) is 0.787. The fourth-order valence-electron chi connectivity index (χ4n) is 3.17. The summed E-state index contributed by atoms with van der Waals surface area (Å²) in [6, 6.07) is 20.7. The SMILES string of the molecule is Cc1nn2c(S)c(C)c(Cc3ccccc3)nc2c1-c1ccccc1. The Bertz CT molecular complexity index is 1040. The molecule has 0 saturated carbocycles. The Balaban J connectivity index is 1.93. The molecule has 0 fully saturated rings. The van der Waals surface area contributed by atoms with E-state index in [0.717, 1.165) is 45.2 Å². The van der Waals surface area contributed by atoms with Crippen molar-refractivity contribution in [1.82, 2.24) is 14.6 Å². The number of fused-ring (bicyclic) bond motifs is 1. The summed E-state index contributed by atoms with van der Waals surface area (Å²) in [5.41, 5.74) is 7.39. The lowest BCUT2D eigenvalue weighted by Gasteiger charge is -2.10. The van der Waals surface area contributed by atoms with Gasteiger partial charge in [0.1, 0.15) is 5.03 Å². The average Bonchev–Trinajstić information content (AvgIpc) is 2.97. The van der Waals surface area contributed by atoms with Crippen LogP contribution in [0.15, 0.2) is 65.7 Å². The van der Waals surface area contributed by atoms with Gasteiger partial charge in [-0.15, -0.1) is 12.6 Å². The molecule has 0 radical (unpaired) electrons. The molecule has 0 saturated heterocycles. The molecule has 0 spiro atoms. The Hall–Kier alpha value is -2.59. The van der Waals surface area contributed by atoms with Crippen molar-refractivity contribution in [3.63, 3.8) is 0 Å². The second kappa shape index (κ2) is 6.37. The molecule has 0 aliphatic rings. The van der Waals surface area contributed by atoms with Crippen LogP contribution in [-0.4, -0.2) is 14.6 Å². The number of hydrogen-bond acceptors (Lipinski definition) is 3. The standard InChI is InChI=1S/C21H19N3S/c1-14-18(13-16-9-5-3-6-10-16)22-20-19(17-11-7-4-8-12-17)15(2)23-24(20)21(14)25/h3-12,25H,13H2,1-2H3. The monoisotopic (exact) mass is 345 g/mol. The summed E-state index contributed by atoms with van der Waals surface area (Å²) in [5.74, 6) is 0. The lowest BCUT2D eigenvalue weighted by atomic mass is 10.1. The first kappa shape index (κ1) is 15.9. The van der Waals surface area contributed by atoms with Crippen LogP contribution < -0.4 is 0 Å². The van der Waals surface area contributed by atoms with E-state index in [2.05, 4.69) is 48.4 Å². The van der Waals surface area contributed by atoms with Crippen molar-refractivity contribution >= 4 is 18.3 Å². The number of rotatable bonds is 3. The normalized spacial score (nSPS) is 11.2. The van der Waals surface area contributed by atoms with Crippen molar-refractivity contribution in [3.05, 3.63) is 83.2 Å². The number of aromatic nitrogens is 3. The Kier molecular flexibility index (Phi) is 4.06. The van der Waals surface area contributed by atoms with E-state index in [-0.39, 0.29) is 0 Å². The molecule has 0 unspecified atom stereocenters. The van der Waals surface area contributed by atoms with Gasteiger partial charge in [-0.1, -0.05) is 60.7 Å². The lowest BCUT2D eigenvalue weighted by Crippen LogP contribution is -2.04. The highest BCUT2D eigenvalue weighted by Crippen LogP contribution is 2.30. The summed E-state index contributed by atoms with van der Waals surface area (Å²) in [6.45, 7) is 4.09. The van der Waals surface area contributed by atoms with Gasteiger partial charge in [0.2, 0.25) is 0 Å². The van der Waals surface area contributed by atoms with Crippen LogP contribution in [0.2, 0.25) is 0 Å². The third-order valence-corrected chi connectivity index (χ3v) is 5.05. The fraction of sp³-hybridized carbons (Fsp3) is 0.143. The van der Waals surface area contributed by atoms with E-state index < -0.39 is 0 Å². The largest absolute Gasteiger partial charge is 0.232 e. The minimum atomic E-state index is 0.787. The zero-order valence-electron chi connectivity index (χ0n) is 14.3. The minimum Gasteiger partial charge on any atom is -0.232 e. The van der Waals surface area contributed by atoms with Gasteiger partial charge in [0, 0.05) is 17.5 Å². The van der Waals surface area contributed by atoms with E-state index in [1.807, 2.05) is 35.7 Å². The molecule has 3 nitrogen and oxygen atoms in total. The van der Waals surface area contributed by atoms with Gasteiger partial charge in [0.05, 0.1) is 11.4 Å². The van der Waals surface area contributed by atoms with E-state index in [0.29, 0.717) is 0 Å². The van der Waals surface area contributed by atoms with Crippen molar-refractivity contribution in [2.75, 3.05) is 0 Å². The van der Waals surface area contributed by atoms with Crippen LogP contribution in [0.1, 0.15) is 22.5 Å². The molecular formula is C21H19N3S. The van der Waals surface area contributed by atoms with E-state index in [1.165, 1.54) is 5.56 Å². The molecule has 124 valence electrons. The van der Waals surface area contributed by atoms with Crippen LogP contribution in [0.4, 0.5) is 0 Å². The van der Waals surface area contributed by atoms with Gasteiger partial charge in [0.25, 0.3) is 0 Å². The van der Waals surface area contributed by atoms with Crippen molar-refractivity contribution in [3.8, 4) is 11.1 Å². The predicted octanol–water partition coefficient (Wildman–Crippen LogP) is 4.89. The quantitative estimate of drug-likeness (QED) is 0.423. The number of nitrogens with zero attached hydrogens (tertiary/aromatic N) is 3. The molecule has 25 heavy (non-hydrogen) atoms. The number of benzene rings is 2. The minimum absolute atomic E-state index is 0.787. The Morgan fingerprint density at radius 2 is 1.56 bits per heavy atom. The van der Waals surface area contributed by atoms with Gasteiger partial charge in [-0.05, 0) is 25.0 Å². The van der Waals surface area contributed by atoms with Gasteiger partial charge in [0.15, 0.2) is 5.65 Å². The smallest absolute Gasteiger partial charge is 0.164 e. The van der Waals surface area contributed by atoms with Gasteiger partial charge < -0.3 is 0 Å². The maximum absolute atomic E-state index is 4.98. The van der Waals surface area contributed by atoms with E-state index in [4.69, 9.17) is 17.6 Å². The zero-order valence-corrected chi connectivity index (χ0v) is 15.2. The fourth-order valence-corrected chi connectivity index (χ4v) is 3.44. The molecule has 0 aliphatic carbocycles. The predicted molar refractivity (Wildman–Crippen MR) is 104 cm³/mol. The van der Waals surface area contributed by atoms with Gasteiger partial charge in [-0.25, -0.2) is 9.50 Å². The Morgan fingerprint density at radius 3 is 2.24 bits per heavy atom. The number of hydrogen-bond donors (Lipinski definition) is 1. The number of thiol groups is 1. The van der Waals surface area contributed by atoms with Gasteiger partial charge in [-0.2, -0.15) is 5.10 Å². The molecule has 0 aliphatic heterocycles. The molecule has 0 bridgehead atoms. The average molecular weight is 345 g/mol. The maximum Gasteiger partial charge on any atom is 0.164 e. The third kappa shape index (κ3) is 2.83. The van der Waals surface area contributed by atoms with Crippen LogP contribution >= 0.6 is 12.6 Å². The molecular weight excluding hydrogens is 326 g/mol. The van der Waals surface area contributed by atoms with Crippen LogP contribution in [-0.2, 0) is 6.42 Å². The Labute approximate surface area is 152 Å². The molecule has 4 rings (SSSR count). The van der Waals surface area contributed by atoms with Gasteiger partial charge >= 0.3 is 0 Å². The molecule has 4 aromatic rings. The molecule has 2 heterocycles. The molecule has 0 amide bonds. The zero-order chi connectivity index (χ0) is 17.4. The molecule has 2 aromatic carbocycles. The summed E-state index contributed by atoms with van der Waals surface area (Å²) < 4.78 is 1.85. The van der Waals surface area contributed by atoms with E-state index in [1.54, 1.807) is 0 Å². The molecule has 2 aromatic heterocycles. The van der Waals surface area contributed by atoms with E-state index in [9.17, 15) is 0 Å². The lowest BCUT2D eigenvalue weighted by molar-refractivity contribution is 0.800. The van der Waals surface area contributed by atoms with Gasteiger partial charge in [-0.3, -0.25) is 0 Å². The summed E-state index contributed by atoms with van der Waals surface area (Å²) in [5, 5.41) is 5.52. The van der Waals surface area contributed by atoms with Crippen LogP contribution in [0.5, 0.6) is 0 Å². The number of aryl methyl sites for hydroxylation is 1. The first-order valence-corrected chi connectivity index (χ1v) is 8.77. The van der Waals surface area contributed by atoms with Crippen LogP contribution in [0, 0.1) is 13.8 Å². The second-order valence-corrected chi connectivity index (χ2v) is 6.65. The van der Waals surface area contributed by atoms with E-state index >= 15 is 0 Å². The highest BCUT2D eigenvalue weighted by atomic mass is 32.1. The van der Waals surface area contributed by atoms with Crippen molar-refractivity contribution in [2.24, 2.45) is 0 Å². The third-order valence-electron chi connectivity index (χ3n) is 4.52. The summed E-state index contributed by atoms with van der Waals surface area (Å²) >= 11 is 4.73. The Morgan fingerprint density at radius 1 is 0.920 bits per heavy atom. The maximum atomic E-state index is 4.98. The first-order valence-electron chi connectivity index (χ1n) is 8.32. The molecule has 0 atom stereocenters. The van der Waals surface area contributed by atoms with Crippen molar-refractivity contribution < 1.29 is 0 Å². The summed E-state index contributed by atoms with van der Waals surface area (Å²) in [4.78, 5) is 4.98. The summed E-state index contributed by atoms with van der Waals surface area (Å²) in [7, 11) is 0. The van der Waals surface area contributed by atoms with Crippen molar-refractivity contribution in [1.29, 1.82) is 0 Å². The van der Waals surface area contributed by atoms with Crippen LogP contribution in [0.25, 0.3) is 16.8 Å². The highest BCUT2D eigenvalue weighted by molar-refractivity contribution is 7.80. The first-order chi connectivity index (χ1) is 12.1. The topological polar surface area (TPSA) is 30.2 Å². The molecule has 4 heteroatoms. The van der Waals surface area contributed by atoms with Crippen LogP contribution in [0.3, 0.4) is 0 Å². The second-order valence-electron chi connectivity index (χ2n) is 6.23. The van der Waals surface area contributed by atoms with Crippen molar-refractivity contribution in [2.45, 2.75) is 25.3 Å². The highest BCUT2D eigenvalue weighted by Gasteiger charge is 2.18. The molecule has 0 N–H and O–H groups in total.